The van der Waals surface area contributed by atoms with Crippen LogP contribution in [0.1, 0.15) is 40.3 Å². The van der Waals surface area contributed by atoms with Crippen LogP contribution < -0.4 is 15.5 Å². The quantitative estimate of drug-likeness (QED) is 0.299. The molecule has 1 aliphatic rings. The normalized spacial score (nSPS) is 16.9. The van der Waals surface area contributed by atoms with Gasteiger partial charge in [0.25, 0.3) is 0 Å². The summed E-state index contributed by atoms with van der Waals surface area (Å²) in [5, 5.41) is 12.0. The summed E-state index contributed by atoms with van der Waals surface area (Å²) in [6.45, 7) is 20.1. The van der Waals surface area contributed by atoms with E-state index in [1.807, 2.05) is 17.7 Å². The van der Waals surface area contributed by atoms with Crippen LogP contribution in [0.25, 0.3) is 11.0 Å². The third-order valence-electron chi connectivity index (χ3n) is 7.15. The Hall–Kier alpha value is -2.67. The molecule has 0 saturated carbocycles. The van der Waals surface area contributed by atoms with Crippen molar-refractivity contribution in [2.24, 2.45) is 0 Å². The predicted octanol–water partition coefficient (Wildman–Crippen LogP) is 3.72. The molecule has 0 unspecified atom stereocenters. The first kappa shape index (κ1) is 27.4. The second kappa shape index (κ2) is 11.4. The van der Waals surface area contributed by atoms with Crippen molar-refractivity contribution in [1.29, 1.82) is 0 Å². The van der Waals surface area contributed by atoms with Crippen LogP contribution in [0.5, 0.6) is 0 Å². The molecule has 0 bridgehead atoms. The van der Waals surface area contributed by atoms with Crippen molar-refractivity contribution in [3.63, 3.8) is 0 Å². The standard InChI is InChI=1S/C25H41N9O2Si/c1-8-35-14-13-34-22-21(19(32-34)16-36-37(6,7)25(3,4)5)30-24(33-12-11-27-18(2)15-33)31-23(22)29-20-9-10-26-17-28-20/h9-10,17-18,27H,8,11-16H2,1-7H3,(H,26,28,29,30,31)/t18-/m1/s1. The Balaban J connectivity index is 1.81. The van der Waals surface area contributed by atoms with Gasteiger partial charge in [-0.2, -0.15) is 10.1 Å². The molecule has 11 nitrogen and oxygen atoms in total. The predicted molar refractivity (Wildman–Crippen MR) is 149 cm³/mol. The van der Waals surface area contributed by atoms with E-state index in [-0.39, 0.29) is 5.04 Å². The molecule has 202 valence electrons. The van der Waals surface area contributed by atoms with Crippen molar-refractivity contribution >= 4 is 36.9 Å². The number of nitrogens with zero attached hydrogens (tertiary/aromatic N) is 7. The smallest absolute Gasteiger partial charge is 0.228 e. The summed E-state index contributed by atoms with van der Waals surface area (Å²) in [6.07, 6.45) is 3.22. The van der Waals surface area contributed by atoms with Gasteiger partial charge in [-0.25, -0.2) is 15.0 Å². The summed E-state index contributed by atoms with van der Waals surface area (Å²) in [5.41, 5.74) is 2.43. The highest BCUT2D eigenvalue weighted by Gasteiger charge is 2.37. The molecule has 1 fully saturated rings. The number of fused-ring (bicyclic) bond motifs is 1. The number of hydrogen-bond acceptors (Lipinski definition) is 10. The molecule has 2 N–H and O–H groups in total. The van der Waals surface area contributed by atoms with Crippen LogP contribution >= 0.6 is 0 Å². The van der Waals surface area contributed by atoms with E-state index >= 15 is 0 Å². The third-order valence-corrected chi connectivity index (χ3v) is 11.6. The summed E-state index contributed by atoms with van der Waals surface area (Å²) in [5.74, 6) is 1.99. The highest BCUT2D eigenvalue weighted by atomic mass is 28.4. The summed E-state index contributed by atoms with van der Waals surface area (Å²) in [6, 6.07) is 2.17. The van der Waals surface area contributed by atoms with E-state index in [4.69, 9.17) is 24.2 Å². The topological polar surface area (TPSA) is 115 Å². The second-order valence-corrected chi connectivity index (χ2v) is 15.8. The van der Waals surface area contributed by atoms with Crippen LogP contribution in [0.15, 0.2) is 18.6 Å². The molecule has 1 aliphatic heterocycles. The Bertz CT molecular complexity index is 1180. The highest BCUT2D eigenvalue weighted by molar-refractivity contribution is 6.74. The van der Waals surface area contributed by atoms with E-state index in [0.29, 0.717) is 50.0 Å². The van der Waals surface area contributed by atoms with Crippen molar-refractivity contribution in [2.45, 2.75) is 71.9 Å². The van der Waals surface area contributed by atoms with Gasteiger partial charge >= 0.3 is 0 Å². The van der Waals surface area contributed by atoms with E-state index in [2.05, 4.69) is 66.3 Å². The number of ether oxygens (including phenoxy) is 1. The van der Waals surface area contributed by atoms with E-state index in [9.17, 15) is 0 Å². The molecule has 0 aromatic carbocycles. The number of nitrogens with one attached hydrogen (secondary N) is 2. The zero-order valence-corrected chi connectivity index (χ0v) is 24.2. The lowest BCUT2D eigenvalue weighted by Gasteiger charge is -2.35. The Morgan fingerprint density at radius 1 is 1.24 bits per heavy atom. The van der Waals surface area contributed by atoms with Crippen LogP contribution in [-0.4, -0.2) is 76.9 Å². The van der Waals surface area contributed by atoms with Gasteiger partial charge in [0, 0.05) is 38.5 Å². The Kier molecular flexibility index (Phi) is 8.41. The Morgan fingerprint density at radius 3 is 2.73 bits per heavy atom. The van der Waals surface area contributed by atoms with E-state index in [0.717, 1.165) is 36.4 Å². The van der Waals surface area contributed by atoms with Gasteiger partial charge in [0.15, 0.2) is 14.1 Å². The lowest BCUT2D eigenvalue weighted by Crippen LogP contribution is -2.49. The first-order valence-corrected chi connectivity index (χ1v) is 16.0. The van der Waals surface area contributed by atoms with Gasteiger partial charge in [0.05, 0.1) is 19.8 Å². The number of aromatic nitrogens is 6. The van der Waals surface area contributed by atoms with Gasteiger partial charge in [-0.15, -0.1) is 0 Å². The number of hydrogen-bond donors (Lipinski definition) is 2. The average molecular weight is 528 g/mol. The zero-order valence-electron chi connectivity index (χ0n) is 23.2. The van der Waals surface area contributed by atoms with Crippen LogP contribution in [0.3, 0.4) is 0 Å². The molecule has 37 heavy (non-hydrogen) atoms. The van der Waals surface area contributed by atoms with Crippen LogP contribution in [0.4, 0.5) is 17.6 Å². The van der Waals surface area contributed by atoms with E-state index in [1.165, 1.54) is 6.33 Å². The lowest BCUT2D eigenvalue weighted by atomic mass is 10.2. The van der Waals surface area contributed by atoms with Crippen molar-refractivity contribution < 1.29 is 9.16 Å². The molecule has 1 saturated heterocycles. The third kappa shape index (κ3) is 6.43. The molecular weight excluding hydrogens is 486 g/mol. The molecule has 0 amide bonds. The fourth-order valence-electron chi connectivity index (χ4n) is 3.98. The van der Waals surface area contributed by atoms with E-state index in [1.54, 1.807) is 6.20 Å². The minimum Gasteiger partial charge on any atom is -0.411 e. The number of rotatable bonds is 10. The maximum absolute atomic E-state index is 6.59. The Labute approximate surface area is 220 Å². The fraction of sp³-hybridized carbons (Fsp3) is 0.640. The maximum atomic E-state index is 6.59. The first-order valence-electron chi connectivity index (χ1n) is 13.1. The summed E-state index contributed by atoms with van der Waals surface area (Å²) in [7, 11) is -2.00. The van der Waals surface area contributed by atoms with Crippen molar-refractivity contribution in [2.75, 3.05) is 43.1 Å². The number of piperazine rings is 1. The summed E-state index contributed by atoms with van der Waals surface area (Å²) in [4.78, 5) is 20.7. The molecule has 3 aromatic rings. The SMILES string of the molecule is CCOCCn1nc(CO[Si](C)(C)C(C)(C)C)c2nc(N3CCN[C@H](C)C3)nc(Nc3ccncn3)c21. The van der Waals surface area contributed by atoms with Crippen molar-refractivity contribution in [3.05, 3.63) is 24.3 Å². The monoisotopic (exact) mass is 527 g/mol. The second-order valence-electron chi connectivity index (χ2n) is 11.0. The van der Waals surface area contributed by atoms with Crippen LogP contribution in [-0.2, 0) is 22.3 Å². The zero-order chi connectivity index (χ0) is 26.6. The van der Waals surface area contributed by atoms with Gasteiger partial charge in [0.2, 0.25) is 5.95 Å². The fourth-order valence-corrected chi connectivity index (χ4v) is 4.91. The molecule has 1 atom stereocenters. The molecular formula is C25H41N9O2Si. The molecule has 4 rings (SSSR count). The molecule has 4 heterocycles. The van der Waals surface area contributed by atoms with Crippen LogP contribution in [0.2, 0.25) is 18.1 Å². The number of anilines is 3. The van der Waals surface area contributed by atoms with Gasteiger partial charge < -0.3 is 24.7 Å². The van der Waals surface area contributed by atoms with Gasteiger partial charge in [-0.1, -0.05) is 20.8 Å². The molecule has 0 aliphatic carbocycles. The van der Waals surface area contributed by atoms with Gasteiger partial charge in [-0.3, -0.25) is 4.68 Å². The summed E-state index contributed by atoms with van der Waals surface area (Å²) >= 11 is 0. The summed E-state index contributed by atoms with van der Waals surface area (Å²) < 4.78 is 14.2. The molecule has 0 radical (unpaired) electrons. The van der Waals surface area contributed by atoms with Crippen LogP contribution in [0, 0.1) is 0 Å². The minimum atomic E-state index is -2.00. The van der Waals surface area contributed by atoms with E-state index < -0.39 is 8.32 Å². The average Bonchev–Trinajstić information content (AvgIpc) is 3.21. The molecule has 12 heteroatoms. The molecule has 0 spiro atoms. The highest BCUT2D eigenvalue weighted by Crippen LogP contribution is 2.38. The first-order chi connectivity index (χ1) is 17.6. The Morgan fingerprint density at radius 2 is 2.05 bits per heavy atom. The van der Waals surface area contributed by atoms with Crippen molar-refractivity contribution in [1.82, 2.24) is 35.0 Å². The maximum Gasteiger partial charge on any atom is 0.228 e. The minimum absolute atomic E-state index is 0.0944. The van der Waals surface area contributed by atoms with Crippen molar-refractivity contribution in [3.8, 4) is 0 Å². The lowest BCUT2D eigenvalue weighted by molar-refractivity contribution is 0.137. The molecule has 3 aromatic heterocycles. The largest absolute Gasteiger partial charge is 0.411 e. The van der Waals surface area contributed by atoms with Gasteiger partial charge in [-0.05, 0) is 38.0 Å². The van der Waals surface area contributed by atoms with Gasteiger partial charge in [0.1, 0.15) is 28.9 Å².